The number of carbonyl (C=O) groups excluding carboxylic acids is 1. The third-order valence-electron chi connectivity index (χ3n) is 2.09. The van der Waals surface area contributed by atoms with Crippen molar-refractivity contribution in [2.45, 2.75) is 27.7 Å². The summed E-state index contributed by atoms with van der Waals surface area (Å²) in [6.45, 7) is 7.68. The summed E-state index contributed by atoms with van der Waals surface area (Å²) in [5, 5.41) is 0. The monoisotopic (exact) mass is 203 g/mol. The van der Waals surface area contributed by atoms with Crippen molar-refractivity contribution in [2.75, 3.05) is 0 Å². The molecule has 1 rings (SSSR count). The molecule has 0 saturated heterocycles. The molecule has 0 bridgehead atoms. The zero-order valence-electron chi connectivity index (χ0n) is 9.74. The van der Waals surface area contributed by atoms with Crippen LogP contribution in [-0.4, -0.2) is 10.8 Å². The van der Waals surface area contributed by atoms with Gasteiger partial charge >= 0.3 is 0 Å². The standard InChI is InChI=1S/C13H17NO/c1-10-9-11(7-8-14-10)5-6-12(15)13(2,3)4/h5-9H,1-4H3/b6-5-. The molecule has 2 nitrogen and oxygen atoms in total. The molecule has 0 aromatic carbocycles. The fourth-order valence-corrected chi connectivity index (χ4v) is 1.09. The Morgan fingerprint density at radius 3 is 2.60 bits per heavy atom. The van der Waals surface area contributed by atoms with Gasteiger partial charge in [0.2, 0.25) is 0 Å². The van der Waals surface area contributed by atoms with Gasteiger partial charge in [0.25, 0.3) is 0 Å². The fourth-order valence-electron chi connectivity index (χ4n) is 1.09. The summed E-state index contributed by atoms with van der Waals surface area (Å²) in [5.74, 6) is 0.136. The van der Waals surface area contributed by atoms with E-state index in [1.807, 2.05) is 45.9 Å². The minimum Gasteiger partial charge on any atom is -0.294 e. The topological polar surface area (TPSA) is 30.0 Å². The van der Waals surface area contributed by atoms with Gasteiger partial charge in [-0.05, 0) is 30.7 Å². The van der Waals surface area contributed by atoms with Crippen molar-refractivity contribution in [1.29, 1.82) is 0 Å². The predicted octanol–water partition coefficient (Wildman–Crippen LogP) is 3.02. The molecule has 0 amide bonds. The lowest BCUT2D eigenvalue weighted by atomic mass is 9.90. The maximum Gasteiger partial charge on any atom is 0.161 e. The number of carbonyl (C=O) groups is 1. The second kappa shape index (κ2) is 4.39. The Morgan fingerprint density at radius 2 is 2.07 bits per heavy atom. The fraction of sp³-hybridized carbons (Fsp3) is 0.385. The van der Waals surface area contributed by atoms with Crippen molar-refractivity contribution in [3.8, 4) is 0 Å². The van der Waals surface area contributed by atoms with Crippen molar-refractivity contribution in [2.24, 2.45) is 5.41 Å². The van der Waals surface area contributed by atoms with E-state index in [4.69, 9.17) is 0 Å². The quantitative estimate of drug-likeness (QED) is 0.691. The zero-order chi connectivity index (χ0) is 11.5. The van der Waals surface area contributed by atoms with Crippen molar-refractivity contribution in [1.82, 2.24) is 4.98 Å². The van der Waals surface area contributed by atoms with Gasteiger partial charge < -0.3 is 0 Å². The number of pyridine rings is 1. The maximum absolute atomic E-state index is 11.6. The second-order valence-corrected chi connectivity index (χ2v) is 4.68. The molecule has 0 aliphatic carbocycles. The highest BCUT2D eigenvalue weighted by atomic mass is 16.1. The van der Waals surface area contributed by atoms with Gasteiger partial charge in [-0.3, -0.25) is 9.78 Å². The first kappa shape index (κ1) is 11.6. The minimum absolute atomic E-state index is 0.136. The Labute approximate surface area is 91.0 Å². The molecule has 80 valence electrons. The summed E-state index contributed by atoms with van der Waals surface area (Å²) in [5.41, 5.74) is 1.67. The molecule has 0 saturated carbocycles. The maximum atomic E-state index is 11.6. The van der Waals surface area contributed by atoms with Crippen LogP contribution in [0, 0.1) is 12.3 Å². The van der Waals surface area contributed by atoms with Gasteiger partial charge in [-0.25, -0.2) is 0 Å². The molecule has 1 aromatic heterocycles. The van der Waals surface area contributed by atoms with Crippen LogP contribution in [0.15, 0.2) is 24.4 Å². The van der Waals surface area contributed by atoms with E-state index in [2.05, 4.69) is 4.98 Å². The van der Waals surface area contributed by atoms with Gasteiger partial charge in [-0.1, -0.05) is 26.8 Å². The summed E-state index contributed by atoms with van der Waals surface area (Å²) < 4.78 is 0. The van der Waals surface area contributed by atoms with Crippen LogP contribution < -0.4 is 0 Å². The third kappa shape index (κ3) is 3.66. The Hall–Kier alpha value is -1.44. The van der Waals surface area contributed by atoms with Crippen molar-refractivity contribution in [3.63, 3.8) is 0 Å². The molecule has 0 aliphatic heterocycles. The molecular formula is C13H17NO. The lowest BCUT2D eigenvalue weighted by molar-refractivity contribution is -0.121. The van der Waals surface area contributed by atoms with Crippen molar-refractivity contribution in [3.05, 3.63) is 35.7 Å². The number of hydrogen-bond acceptors (Lipinski definition) is 2. The van der Waals surface area contributed by atoms with E-state index in [0.29, 0.717) is 0 Å². The number of ketones is 1. The van der Waals surface area contributed by atoms with E-state index in [1.54, 1.807) is 12.3 Å². The van der Waals surface area contributed by atoms with E-state index in [1.165, 1.54) is 0 Å². The lowest BCUT2D eigenvalue weighted by Crippen LogP contribution is -2.17. The van der Waals surface area contributed by atoms with Crippen LogP contribution in [0.25, 0.3) is 6.08 Å². The van der Waals surface area contributed by atoms with E-state index in [0.717, 1.165) is 11.3 Å². The highest BCUT2D eigenvalue weighted by molar-refractivity contribution is 5.97. The summed E-state index contributed by atoms with van der Waals surface area (Å²) in [6.07, 6.45) is 5.22. The Balaban J connectivity index is 2.79. The summed E-state index contributed by atoms with van der Waals surface area (Å²) in [4.78, 5) is 15.7. The number of allylic oxidation sites excluding steroid dienone is 1. The lowest BCUT2D eigenvalue weighted by Gasteiger charge is -2.12. The summed E-state index contributed by atoms with van der Waals surface area (Å²) in [7, 11) is 0. The molecule has 0 fully saturated rings. The largest absolute Gasteiger partial charge is 0.294 e. The molecule has 0 radical (unpaired) electrons. The Bertz CT molecular complexity index is 386. The van der Waals surface area contributed by atoms with Crippen LogP contribution in [0.3, 0.4) is 0 Å². The summed E-state index contributed by atoms with van der Waals surface area (Å²) >= 11 is 0. The third-order valence-corrected chi connectivity index (χ3v) is 2.09. The van der Waals surface area contributed by atoms with Gasteiger partial charge in [-0.15, -0.1) is 0 Å². The number of aryl methyl sites for hydroxylation is 1. The van der Waals surface area contributed by atoms with Gasteiger partial charge in [0.15, 0.2) is 5.78 Å². The molecule has 1 heterocycles. The first-order chi connectivity index (χ1) is 6.89. The molecule has 15 heavy (non-hydrogen) atoms. The molecule has 0 atom stereocenters. The van der Waals surface area contributed by atoms with Crippen molar-refractivity contribution >= 4 is 11.9 Å². The summed E-state index contributed by atoms with van der Waals surface area (Å²) in [6, 6.07) is 3.84. The first-order valence-corrected chi connectivity index (χ1v) is 5.05. The number of hydrogen-bond donors (Lipinski definition) is 0. The van der Waals surface area contributed by atoms with Gasteiger partial charge in [0.1, 0.15) is 0 Å². The molecule has 0 unspecified atom stereocenters. The van der Waals surface area contributed by atoms with Gasteiger partial charge in [0, 0.05) is 17.3 Å². The van der Waals surface area contributed by atoms with E-state index < -0.39 is 0 Å². The normalized spacial score (nSPS) is 12.0. The van der Waals surface area contributed by atoms with Crippen molar-refractivity contribution < 1.29 is 4.79 Å². The zero-order valence-corrected chi connectivity index (χ0v) is 9.74. The van der Waals surface area contributed by atoms with Crippen LogP contribution in [0.1, 0.15) is 32.0 Å². The van der Waals surface area contributed by atoms with Crippen LogP contribution >= 0.6 is 0 Å². The molecule has 0 spiro atoms. The molecule has 0 aliphatic rings. The SMILES string of the molecule is Cc1cc(/C=C\C(=O)C(C)(C)C)ccn1. The number of nitrogens with zero attached hydrogens (tertiary/aromatic N) is 1. The molecule has 2 heteroatoms. The molecular weight excluding hydrogens is 186 g/mol. The van der Waals surface area contributed by atoms with Crippen LogP contribution in [0.5, 0.6) is 0 Å². The van der Waals surface area contributed by atoms with Gasteiger partial charge in [-0.2, -0.15) is 0 Å². The number of aromatic nitrogens is 1. The van der Waals surface area contributed by atoms with E-state index >= 15 is 0 Å². The Kier molecular flexibility index (Phi) is 3.40. The van der Waals surface area contributed by atoms with E-state index in [9.17, 15) is 4.79 Å². The highest BCUT2D eigenvalue weighted by Crippen LogP contribution is 2.16. The highest BCUT2D eigenvalue weighted by Gasteiger charge is 2.17. The van der Waals surface area contributed by atoms with E-state index in [-0.39, 0.29) is 11.2 Å². The van der Waals surface area contributed by atoms with Crippen LogP contribution in [0.4, 0.5) is 0 Å². The molecule has 1 aromatic rings. The Morgan fingerprint density at radius 1 is 1.40 bits per heavy atom. The van der Waals surface area contributed by atoms with Crippen LogP contribution in [-0.2, 0) is 4.79 Å². The minimum atomic E-state index is -0.307. The second-order valence-electron chi connectivity index (χ2n) is 4.68. The smallest absolute Gasteiger partial charge is 0.161 e. The average Bonchev–Trinajstić information content (AvgIpc) is 2.12. The van der Waals surface area contributed by atoms with Gasteiger partial charge in [0.05, 0.1) is 0 Å². The average molecular weight is 203 g/mol. The first-order valence-electron chi connectivity index (χ1n) is 5.05. The van der Waals surface area contributed by atoms with Crippen LogP contribution in [0.2, 0.25) is 0 Å². The molecule has 0 N–H and O–H groups in total. The number of rotatable bonds is 2. The predicted molar refractivity (Wildman–Crippen MR) is 62.5 cm³/mol.